The molecule has 1 aliphatic rings. The van der Waals surface area contributed by atoms with Crippen LogP contribution in [0.2, 0.25) is 0 Å². The Morgan fingerprint density at radius 1 is 1.14 bits per heavy atom. The van der Waals surface area contributed by atoms with Gasteiger partial charge in [-0.1, -0.05) is 13.8 Å². The van der Waals surface area contributed by atoms with E-state index in [2.05, 4.69) is 19.2 Å². The Bertz CT molecular complexity index is 164. The van der Waals surface area contributed by atoms with E-state index in [9.17, 15) is 5.11 Å². The largest absolute Gasteiger partial charge is 0.389 e. The van der Waals surface area contributed by atoms with Crippen molar-refractivity contribution < 1.29 is 5.11 Å². The Balaban J connectivity index is 2.30. The summed E-state index contributed by atoms with van der Waals surface area (Å²) in [6.45, 7) is 9.07. The van der Waals surface area contributed by atoms with Gasteiger partial charge >= 0.3 is 0 Å². The molecule has 1 unspecified atom stereocenters. The van der Waals surface area contributed by atoms with Crippen LogP contribution >= 0.6 is 0 Å². The summed E-state index contributed by atoms with van der Waals surface area (Å²) in [5.41, 5.74) is -0.579. The molecule has 0 radical (unpaired) electrons. The first-order chi connectivity index (χ1) is 6.37. The lowest BCUT2D eigenvalue weighted by Gasteiger charge is -2.33. The summed E-state index contributed by atoms with van der Waals surface area (Å²) in [6, 6.07) is 0.611. The van der Waals surface area contributed by atoms with E-state index in [1.807, 2.05) is 13.8 Å². The summed E-state index contributed by atoms with van der Waals surface area (Å²) in [5.74, 6) is 1.66. The van der Waals surface area contributed by atoms with Gasteiger partial charge in [-0.15, -0.1) is 0 Å². The van der Waals surface area contributed by atoms with Crippen molar-refractivity contribution in [2.24, 2.45) is 11.8 Å². The molecule has 0 spiro atoms. The Kier molecular flexibility index (Phi) is 3.96. The standard InChI is InChI=1S/C12H25NO/c1-9-5-10(2)7-11(6-9)13-8-12(3,4)14/h9-11,13-14H,5-8H2,1-4H3/t9-,10+,11?. The van der Waals surface area contributed by atoms with Crippen molar-refractivity contribution in [1.82, 2.24) is 5.32 Å². The fraction of sp³-hybridized carbons (Fsp3) is 1.00. The third-order valence-electron chi connectivity index (χ3n) is 3.00. The van der Waals surface area contributed by atoms with Crippen molar-refractivity contribution in [2.75, 3.05) is 6.54 Å². The molecule has 84 valence electrons. The lowest BCUT2D eigenvalue weighted by Crippen LogP contribution is -2.43. The second-order valence-electron chi connectivity index (χ2n) is 5.81. The zero-order chi connectivity index (χ0) is 10.8. The Hall–Kier alpha value is -0.0800. The topological polar surface area (TPSA) is 32.3 Å². The van der Waals surface area contributed by atoms with E-state index in [1.165, 1.54) is 19.3 Å². The van der Waals surface area contributed by atoms with Crippen molar-refractivity contribution in [2.45, 2.75) is 58.6 Å². The fourth-order valence-corrected chi connectivity index (χ4v) is 2.51. The van der Waals surface area contributed by atoms with Gasteiger partial charge in [-0.3, -0.25) is 0 Å². The van der Waals surface area contributed by atoms with E-state index in [0.717, 1.165) is 11.8 Å². The lowest BCUT2D eigenvalue weighted by atomic mass is 9.80. The highest BCUT2D eigenvalue weighted by atomic mass is 16.3. The van der Waals surface area contributed by atoms with Gasteiger partial charge in [-0.25, -0.2) is 0 Å². The maximum Gasteiger partial charge on any atom is 0.0715 e. The minimum atomic E-state index is -0.579. The van der Waals surface area contributed by atoms with Gasteiger partial charge in [-0.05, 0) is 44.9 Å². The first-order valence-electron chi connectivity index (χ1n) is 5.82. The van der Waals surface area contributed by atoms with Gasteiger partial charge in [0.2, 0.25) is 0 Å². The van der Waals surface area contributed by atoms with Crippen LogP contribution in [-0.2, 0) is 0 Å². The normalized spacial score (nSPS) is 34.5. The minimum absolute atomic E-state index is 0.579. The van der Waals surface area contributed by atoms with Gasteiger partial charge < -0.3 is 10.4 Å². The molecule has 0 amide bonds. The molecule has 2 heteroatoms. The molecule has 0 bridgehead atoms. The number of hydrogen-bond acceptors (Lipinski definition) is 2. The summed E-state index contributed by atoms with van der Waals surface area (Å²) >= 11 is 0. The van der Waals surface area contributed by atoms with Crippen LogP contribution in [0.25, 0.3) is 0 Å². The monoisotopic (exact) mass is 199 g/mol. The Morgan fingerprint density at radius 2 is 1.64 bits per heavy atom. The minimum Gasteiger partial charge on any atom is -0.389 e. The third kappa shape index (κ3) is 4.43. The SMILES string of the molecule is C[C@@H]1CC(NCC(C)(C)O)C[C@H](C)C1. The zero-order valence-corrected chi connectivity index (χ0v) is 10.0. The van der Waals surface area contributed by atoms with Crippen LogP contribution in [-0.4, -0.2) is 23.3 Å². The van der Waals surface area contributed by atoms with Gasteiger partial charge in [0.25, 0.3) is 0 Å². The van der Waals surface area contributed by atoms with E-state index in [4.69, 9.17) is 0 Å². The summed E-state index contributed by atoms with van der Waals surface area (Å²) in [6.07, 6.45) is 3.89. The third-order valence-corrected chi connectivity index (χ3v) is 3.00. The molecule has 1 aliphatic carbocycles. The van der Waals surface area contributed by atoms with Crippen LogP contribution in [0.5, 0.6) is 0 Å². The van der Waals surface area contributed by atoms with E-state index >= 15 is 0 Å². The van der Waals surface area contributed by atoms with Gasteiger partial charge in [0, 0.05) is 12.6 Å². The highest BCUT2D eigenvalue weighted by Crippen LogP contribution is 2.28. The average molecular weight is 199 g/mol. The maximum atomic E-state index is 9.62. The van der Waals surface area contributed by atoms with Crippen molar-refractivity contribution in [1.29, 1.82) is 0 Å². The number of aliphatic hydroxyl groups is 1. The van der Waals surface area contributed by atoms with Crippen molar-refractivity contribution in [3.8, 4) is 0 Å². The van der Waals surface area contributed by atoms with Crippen molar-refractivity contribution in [3.63, 3.8) is 0 Å². The number of hydrogen-bond donors (Lipinski definition) is 2. The van der Waals surface area contributed by atoms with Crippen molar-refractivity contribution >= 4 is 0 Å². The first kappa shape index (κ1) is 12.0. The van der Waals surface area contributed by atoms with Crippen LogP contribution in [0.4, 0.5) is 0 Å². The first-order valence-corrected chi connectivity index (χ1v) is 5.82. The predicted octanol–water partition coefficient (Wildman–Crippen LogP) is 2.17. The fourth-order valence-electron chi connectivity index (χ4n) is 2.51. The molecule has 0 aromatic heterocycles. The van der Waals surface area contributed by atoms with Gasteiger partial charge in [-0.2, -0.15) is 0 Å². The van der Waals surface area contributed by atoms with Gasteiger partial charge in [0.1, 0.15) is 0 Å². The Morgan fingerprint density at radius 3 is 2.07 bits per heavy atom. The molecule has 3 atom stereocenters. The van der Waals surface area contributed by atoms with Crippen LogP contribution in [0.1, 0.15) is 47.0 Å². The van der Waals surface area contributed by atoms with Gasteiger partial charge in [0.15, 0.2) is 0 Å². The molecule has 0 aromatic rings. The second-order valence-corrected chi connectivity index (χ2v) is 5.81. The quantitative estimate of drug-likeness (QED) is 0.730. The highest BCUT2D eigenvalue weighted by molar-refractivity contribution is 4.81. The predicted molar refractivity (Wildman–Crippen MR) is 60.3 cm³/mol. The molecule has 2 nitrogen and oxygen atoms in total. The van der Waals surface area contributed by atoms with Crippen LogP contribution < -0.4 is 5.32 Å². The van der Waals surface area contributed by atoms with Crippen LogP contribution in [0.3, 0.4) is 0 Å². The van der Waals surface area contributed by atoms with Crippen molar-refractivity contribution in [3.05, 3.63) is 0 Å². The summed E-state index contributed by atoms with van der Waals surface area (Å²) in [4.78, 5) is 0. The molecule has 0 aliphatic heterocycles. The molecule has 1 fully saturated rings. The molecule has 1 rings (SSSR count). The number of rotatable bonds is 3. The highest BCUT2D eigenvalue weighted by Gasteiger charge is 2.24. The lowest BCUT2D eigenvalue weighted by molar-refractivity contribution is 0.0713. The molecular weight excluding hydrogens is 174 g/mol. The van der Waals surface area contributed by atoms with E-state index in [-0.39, 0.29) is 0 Å². The Labute approximate surface area is 88.1 Å². The maximum absolute atomic E-state index is 9.62. The number of nitrogens with one attached hydrogen (secondary N) is 1. The molecule has 2 N–H and O–H groups in total. The van der Waals surface area contributed by atoms with Crippen LogP contribution in [0.15, 0.2) is 0 Å². The molecule has 1 saturated carbocycles. The van der Waals surface area contributed by atoms with Gasteiger partial charge in [0.05, 0.1) is 5.60 Å². The summed E-state index contributed by atoms with van der Waals surface area (Å²) < 4.78 is 0. The molecule has 0 saturated heterocycles. The molecule has 0 heterocycles. The summed E-state index contributed by atoms with van der Waals surface area (Å²) in [5, 5.41) is 13.1. The van der Waals surface area contributed by atoms with Crippen LogP contribution in [0, 0.1) is 11.8 Å². The van der Waals surface area contributed by atoms with E-state index in [1.54, 1.807) is 0 Å². The molecular formula is C12H25NO. The molecule has 14 heavy (non-hydrogen) atoms. The second kappa shape index (κ2) is 4.63. The average Bonchev–Trinajstić information content (AvgIpc) is 1.97. The van der Waals surface area contributed by atoms with E-state index in [0.29, 0.717) is 12.6 Å². The molecule has 0 aromatic carbocycles. The van der Waals surface area contributed by atoms with E-state index < -0.39 is 5.60 Å². The smallest absolute Gasteiger partial charge is 0.0715 e. The summed E-state index contributed by atoms with van der Waals surface area (Å²) in [7, 11) is 0. The zero-order valence-electron chi connectivity index (χ0n) is 10.0.